The van der Waals surface area contributed by atoms with Gasteiger partial charge in [0.1, 0.15) is 0 Å². The predicted octanol–water partition coefficient (Wildman–Crippen LogP) is 2.43. The number of halogens is 1. The number of amidine groups is 1. The molecule has 5 nitrogen and oxygen atoms in total. The van der Waals surface area contributed by atoms with Gasteiger partial charge in [-0.05, 0) is 28.1 Å². The highest BCUT2D eigenvalue weighted by Gasteiger charge is 2.12. The van der Waals surface area contributed by atoms with Crippen molar-refractivity contribution < 1.29 is 5.21 Å². The van der Waals surface area contributed by atoms with Gasteiger partial charge in [0.2, 0.25) is 0 Å². The molecule has 1 aromatic heterocycles. The molecule has 0 aliphatic heterocycles. The quantitative estimate of drug-likeness (QED) is 0.393. The first-order chi connectivity index (χ1) is 8.61. The van der Waals surface area contributed by atoms with Gasteiger partial charge in [0, 0.05) is 28.2 Å². The van der Waals surface area contributed by atoms with E-state index in [1.807, 2.05) is 31.4 Å². The Morgan fingerprint density at radius 1 is 1.56 bits per heavy atom. The lowest BCUT2D eigenvalue weighted by molar-refractivity contribution is 0.318. The number of aryl methyl sites for hydroxylation is 1. The van der Waals surface area contributed by atoms with Crippen LogP contribution in [-0.2, 0) is 7.05 Å². The zero-order valence-corrected chi connectivity index (χ0v) is 11.9. The van der Waals surface area contributed by atoms with Crippen molar-refractivity contribution in [2.24, 2.45) is 17.9 Å². The Balaban J connectivity index is 2.41. The lowest BCUT2D eigenvalue weighted by Crippen LogP contribution is -2.15. The molecule has 0 bridgehead atoms. The van der Waals surface area contributed by atoms with Crippen LogP contribution in [-0.4, -0.2) is 20.8 Å². The number of hydrogen-bond acceptors (Lipinski definition) is 4. The Hall–Kier alpha value is -1.47. The predicted molar refractivity (Wildman–Crippen MR) is 74.0 cm³/mol. The minimum absolute atomic E-state index is 0.0777. The first-order valence-corrected chi connectivity index (χ1v) is 6.65. The summed E-state index contributed by atoms with van der Waals surface area (Å²) in [5.74, 6) is 0.0777. The largest absolute Gasteiger partial charge is 0.409 e. The van der Waals surface area contributed by atoms with Crippen LogP contribution in [0.5, 0.6) is 0 Å². The Bertz CT molecular complexity index is 596. The van der Waals surface area contributed by atoms with Crippen molar-refractivity contribution in [2.45, 2.75) is 9.79 Å². The van der Waals surface area contributed by atoms with E-state index in [9.17, 15) is 0 Å². The van der Waals surface area contributed by atoms with Crippen molar-refractivity contribution in [3.05, 3.63) is 40.6 Å². The van der Waals surface area contributed by atoms with Crippen LogP contribution in [0.4, 0.5) is 0 Å². The van der Waals surface area contributed by atoms with Crippen LogP contribution in [0.1, 0.15) is 5.56 Å². The van der Waals surface area contributed by atoms with E-state index in [4.69, 9.17) is 10.9 Å². The second-order valence-corrected chi connectivity index (χ2v) is 5.52. The molecule has 0 aliphatic carbocycles. The first kappa shape index (κ1) is 13.0. The topological polar surface area (TPSA) is 76.4 Å². The molecule has 7 heteroatoms. The van der Waals surface area contributed by atoms with E-state index >= 15 is 0 Å². The van der Waals surface area contributed by atoms with Gasteiger partial charge < -0.3 is 10.9 Å². The van der Waals surface area contributed by atoms with Gasteiger partial charge in [-0.2, -0.15) is 5.10 Å². The van der Waals surface area contributed by atoms with Gasteiger partial charge in [-0.1, -0.05) is 23.0 Å². The Kier molecular flexibility index (Phi) is 3.93. The molecule has 3 N–H and O–H groups in total. The van der Waals surface area contributed by atoms with Crippen LogP contribution in [0, 0.1) is 0 Å². The summed E-state index contributed by atoms with van der Waals surface area (Å²) < 4.78 is 2.51. The summed E-state index contributed by atoms with van der Waals surface area (Å²) in [5, 5.41) is 16.0. The molecular weight excluding hydrogens is 316 g/mol. The van der Waals surface area contributed by atoms with Gasteiger partial charge in [0.25, 0.3) is 0 Å². The van der Waals surface area contributed by atoms with Gasteiger partial charge in [-0.15, -0.1) is 0 Å². The molecule has 18 heavy (non-hydrogen) atoms. The van der Waals surface area contributed by atoms with Crippen molar-refractivity contribution in [2.75, 3.05) is 0 Å². The summed E-state index contributed by atoms with van der Waals surface area (Å²) in [4.78, 5) is 1.88. The third-order valence-corrected chi connectivity index (χ3v) is 3.92. The number of hydrogen-bond donors (Lipinski definition) is 2. The molecule has 94 valence electrons. The van der Waals surface area contributed by atoms with Gasteiger partial charge in [0.15, 0.2) is 5.84 Å². The summed E-state index contributed by atoms with van der Waals surface area (Å²) in [6, 6.07) is 5.66. The van der Waals surface area contributed by atoms with Crippen molar-refractivity contribution >= 4 is 33.5 Å². The van der Waals surface area contributed by atoms with E-state index in [1.54, 1.807) is 10.9 Å². The summed E-state index contributed by atoms with van der Waals surface area (Å²) in [6.07, 6.45) is 3.67. The second-order valence-electron chi connectivity index (χ2n) is 3.55. The maximum Gasteiger partial charge on any atom is 0.172 e. The van der Waals surface area contributed by atoms with E-state index in [0.29, 0.717) is 5.56 Å². The van der Waals surface area contributed by atoms with Crippen molar-refractivity contribution in [1.29, 1.82) is 0 Å². The average Bonchev–Trinajstić information content (AvgIpc) is 2.74. The Morgan fingerprint density at radius 3 is 2.94 bits per heavy atom. The molecule has 1 aromatic carbocycles. The Labute approximate surface area is 117 Å². The SMILES string of the molecule is Cn1cc(Sc2cccc(Br)c2/C(N)=N/O)cn1. The molecule has 0 saturated heterocycles. The fourth-order valence-electron chi connectivity index (χ4n) is 1.47. The van der Waals surface area contributed by atoms with Crippen molar-refractivity contribution in [1.82, 2.24) is 9.78 Å². The number of nitrogens with two attached hydrogens (primary N) is 1. The van der Waals surface area contributed by atoms with Crippen LogP contribution in [0.2, 0.25) is 0 Å². The highest BCUT2D eigenvalue weighted by Crippen LogP contribution is 2.33. The molecule has 0 fully saturated rings. The number of rotatable bonds is 3. The van der Waals surface area contributed by atoms with Crippen LogP contribution in [0.3, 0.4) is 0 Å². The van der Waals surface area contributed by atoms with Gasteiger partial charge >= 0.3 is 0 Å². The molecule has 0 radical (unpaired) electrons. The molecule has 0 amide bonds. The van der Waals surface area contributed by atoms with Crippen LogP contribution in [0.25, 0.3) is 0 Å². The molecule has 0 unspecified atom stereocenters. The van der Waals surface area contributed by atoms with Gasteiger partial charge in [-0.3, -0.25) is 4.68 Å². The maximum absolute atomic E-state index is 8.82. The van der Waals surface area contributed by atoms with E-state index in [2.05, 4.69) is 26.2 Å². The van der Waals surface area contributed by atoms with Crippen molar-refractivity contribution in [3.63, 3.8) is 0 Å². The molecule has 0 spiro atoms. The van der Waals surface area contributed by atoms with E-state index < -0.39 is 0 Å². The highest BCUT2D eigenvalue weighted by molar-refractivity contribution is 9.10. The van der Waals surface area contributed by atoms with Crippen LogP contribution < -0.4 is 5.73 Å². The minimum atomic E-state index is 0.0777. The summed E-state index contributed by atoms with van der Waals surface area (Å²) in [5.41, 5.74) is 6.37. The molecule has 0 atom stereocenters. The molecule has 2 rings (SSSR count). The molecule has 1 heterocycles. The van der Waals surface area contributed by atoms with Crippen LogP contribution in [0.15, 0.2) is 50.0 Å². The fourth-order valence-corrected chi connectivity index (χ4v) is 3.19. The van der Waals surface area contributed by atoms with E-state index in [1.165, 1.54) is 11.8 Å². The van der Waals surface area contributed by atoms with Gasteiger partial charge in [0.05, 0.1) is 11.1 Å². The monoisotopic (exact) mass is 326 g/mol. The Morgan fingerprint density at radius 2 is 2.33 bits per heavy atom. The number of oxime groups is 1. The van der Waals surface area contributed by atoms with Crippen LogP contribution >= 0.6 is 27.7 Å². The van der Waals surface area contributed by atoms with Crippen molar-refractivity contribution in [3.8, 4) is 0 Å². The zero-order chi connectivity index (χ0) is 13.1. The molecular formula is C11H11BrN4OS. The first-order valence-electron chi connectivity index (χ1n) is 5.04. The lowest BCUT2D eigenvalue weighted by Gasteiger charge is -2.08. The summed E-state index contributed by atoms with van der Waals surface area (Å²) >= 11 is 4.91. The lowest BCUT2D eigenvalue weighted by atomic mass is 10.2. The number of aromatic nitrogens is 2. The third kappa shape index (κ3) is 2.68. The molecule has 0 aliphatic rings. The second kappa shape index (κ2) is 5.45. The normalized spacial score (nSPS) is 11.8. The third-order valence-electron chi connectivity index (χ3n) is 2.25. The average molecular weight is 327 g/mol. The number of nitrogens with zero attached hydrogens (tertiary/aromatic N) is 3. The van der Waals surface area contributed by atoms with Gasteiger partial charge in [-0.25, -0.2) is 0 Å². The van der Waals surface area contributed by atoms with E-state index in [0.717, 1.165) is 14.3 Å². The number of benzene rings is 1. The summed E-state index contributed by atoms with van der Waals surface area (Å²) in [7, 11) is 1.86. The highest BCUT2D eigenvalue weighted by atomic mass is 79.9. The fraction of sp³-hybridized carbons (Fsp3) is 0.0909. The smallest absolute Gasteiger partial charge is 0.172 e. The molecule has 2 aromatic rings. The zero-order valence-electron chi connectivity index (χ0n) is 9.54. The molecule has 0 saturated carbocycles. The minimum Gasteiger partial charge on any atom is -0.409 e. The maximum atomic E-state index is 8.82. The van der Waals surface area contributed by atoms with E-state index in [-0.39, 0.29) is 5.84 Å². The standard InChI is InChI=1S/C11H11BrN4OS/c1-16-6-7(5-14-16)18-9-4-2-3-8(12)10(9)11(13)15-17/h2-6,17H,1H3,(H2,13,15). The summed E-state index contributed by atoms with van der Waals surface area (Å²) in [6.45, 7) is 0.